The summed E-state index contributed by atoms with van der Waals surface area (Å²) in [6, 6.07) is -0.0120. The molecule has 1 fully saturated rings. The van der Waals surface area contributed by atoms with Crippen LogP contribution in [0.4, 0.5) is 4.79 Å². The van der Waals surface area contributed by atoms with Crippen molar-refractivity contribution in [3.63, 3.8) is 0 Å². The van der Waals surface area contributed by atoms with Crippen LogP contribution in [0.25, 0.3) is 0 Å². The predicted octanol–water partition coefficient (Wildman–Crippen LogP) is 2.62. The van der Waals surface area contributed by atoms with Crippen molar-refractivity contribution in [1.82, 2.24) is 9.80 Å². The highest BCUT2D eigenvalue weighted by molar-refractivity contribution is 7.80. The fraction of sp³-hybridized carbons (Fsp3) is 0.800. The maximum absolute atomic E-state index is 12.3. The largest absolute Gasteiger partial charge is 0.444 e. The summed E-state index contributed by atoms with van der Waals surface area (Å²) in [6.45, 7) is 12.3. The molecule has 1 heterocycles. The summed E-state index contributed by atoms with van der Waals surface area (Å²) in [7, 11) is 0. The first-order valence-electron chi connectivity index (χ1n) is 7.29. The number of hydrogen-bond donors (Lipinski definition) is 0. The number of nitrogens with zero attached hydrogens (tertiary/aromatic N) is 2. The second-order valence-electron chi connectivity index (χ2n) is 6.76. The van der Waals surface area contributed by atoms with Crippen molar-refractivity contribution < 1.29 is 14.3 Å². The minimum Gasteiger partial charge on any atom is -0.444 e. The van der Waals surface area contributed by atoms with Gasteiger partial charge in [-0.3, -0.25) is 9.69 Å². The Labute approximate surface area is 132 Å². The quantitative estimate of drug-likeness (QED) is 0.733. The molecule has 0 aromatic rings. The Hall–Kier alpha value is -1.17. The number of piperazine rings is 1. The molecule has 5 nitrogen and oxygen atoms in total. The Morgan fingerprint density at radius 2 is 1.67 bits per heavy atom. The number of ether oxygens (including phenoxy) is 1. The lowest BCUT2D eigenvalue weighted by Crippen LogP contribution is -2.60. The fourth-order valence-corrected chi connectivity index (χ4v) is 2.88. The molecule has 1 aliphatic rings. The number of hydrogen-bond acceptors (Lipinski definition) is 4. The van der Waals surface area contributed by atoms with Crippen LogP contribution in [0.3, 0.4) is 0 Å². The lowest BCUT2D eigenvalue weighted by molar-refractivity contribution is -0.116. The number of Topliss-reactive ketones (excluding diaryl/α,β-unsaturated/α-hetero) is 1. The van der Waals surface area contributed by atoms with Crippen molar-refractivity contribution in [1.29, 1.82) is 0 Å². The van der Waals surface area contributed by atoms with Crippen molar-refractivity contribution >= 4 is 29.1 Å². The number of carbonyl (C=O) groups excluding carboxylic acids is 2. The molecule has 0 N–H and O–H groups in total. The lowest BCUT2D eigenvalue weighted by Gasteiger charge is -2.45. The van der Waals surface area contributed by atoms with Gasteiger partial charge in [0.1, 0.15) is 11.4 Å². The first kappa shape index (κ1) is 17.9. The van der Waals surface area contributed by atoms with E-state index in [2.05, 4.69) is 0 Å². The van der Waals surface area contributed by atoms with Gasteiger partial charge in [-0.2, -0.15) is 0 Å². The third-order valence-electron chi connectivity index (χ3n) is 3.28. The van der Waals surface area contributed by atoms with E-state index in [0.29, 0.717) is 24.5 Å². The van der Waals surface area contributed by atoms with E-state index < -0.39 is 5.60 Å². The molecule has 21 heavy (non-hydrogen) atoms. The monoisotopic (exact) mass is 314 g/mol. The molecular formula is C15H26N2O3S. The lowest BCUT2D eigenvalue weighted by atomic mass is 10.1. The zero-order valence-corrected chi connectivity index (χ0v) is 14.6. The minimum atomic E-state index is -0.502. The Balaban J connectivity index is 2.72. The van der Waals surface area contributed by atoms with Crippen molar-refractivity contribution in [2.75, 3.05) is 13.1 Å². The maximum atomic E-state index is 12.3. The van der Waals surface area contributed by atoms with Gasteiger partial charge in [0.2, 0.25) is 0 Å². The Morgan fingerprint density at radius 3 is 2.05 bits per heavy atom. The molecule has 6 heteroatoms. The summed E-state index contributed by atoms with van der Waals surface area (Å²) >= 11 is 5.32. The molecule has 0 saturated carbocycles. The Kier molecular flexibility index (Phi) is 5.73. The molecule has 0 bridgehead atoms. The van der Waals surface area contributed by atoms with Gasteiger partial charge >= 0.3 is 6.09 Å². The topological polar surface area (TPSA) is 49.9 Å². The summed E-state index contributed by atoms with van der Waals surface area (Å²) < 4.78 is 5.46. The van der Waals surface area contributed by atoms with E-state index >= 15 is 0 Å². The van der Waals surface area contributed by atoms with Gasteiger partial charge in [-0.1, -0.05) is 12.2 Å². The third kappa shape index (κ3) is 5.26. The Bertz CT molecular complexity index is 419. The average molecular weight is 314 g/mol. The van der Waals surface area contributed by atoms with Gasteiger partial charge in [0, 0.05) is 13.1 Å². The highest BCUT2D eigenvalue weighted by Crippen LogP contribution is 2.20. The van der Waals surface area contributed by atoms with Crippen molar-refractivity contribution in [3.8, 4) is 0 Å². The molecule has 0 aliphatic carbocycles. The summed E-state index contributed by atoms with van der Waals surface area (Å²) in [5.74, 6) is 0.0647. The van der Waals surface area contributed by atoms with Gasteiger partial charge in [0.25, 0.3) is 0 Å². The summed E-state index contributed by atoms with van der Waals surface area (Å²) in [5.41, 5.74) is -0.502. The van der Waals surface area contributed by atoms with Crippen LogP contribution in [0.15, 0.2) is 0 Å². The van der Waals surface area contributed by atoms with Crippen LogP contribution in [0, 0.1) is 0 Å². The number of ketones is 1. The van der Waals surface area contributed by atoms with Crippen LogP contribution in [-0.4, -0.2) is 57.4 Å². The van der Waals surface area contributed by atoms with Gasteiger partial charge in [-0.05, 0) is 41.5 Å². The number of carbonyl (C=O) groups is 2. The second-order valence-corrected chi connectivity index (χ2v) is 7.23. The smallest absolute Gasteiger partial charge is 0.410 e. The van der Waals surface area contributed by atoms with E-state index in [1.54, 1.807) is 4.90 Å². The van der Waals surface area contributed by atoms with Gasteiger partial charge in [-0.15, -0.1) is 0 Å². The molecule has 120 valence electrons. The van der Waals surface area contributed by atoms with Gasteiger partial charge in [-0.25, -0.2) is 4.79 Å². The van der Waals surface area contributed by atoms with Crippen LogP contribution in [0.1, 0.15) is 48.0 Å². The van der Waals surface area contributed by atoms with Crippen molar-refractivity contribution in [3.05, 3.63) is 0 Å². The van der Waals surface area contributed by atoms with E-state index in [1.165, 1.54) is 6.92 Å². The zero-order chi connectivity index (χ0) is 16.4. The van der Waals surface area contributed by atoms with Crippen LogP contribution >= 0.6 is 12.2 Å². The molecule has 0 spiro atoms. The van der Waals surface area contributed by atoms with E-state index in [4.69, 9.17) is 17.0 Å². The summed E-state index contributed by atoms with van der Waals surface area (Å²) in [4.78, 5) is 27.9. The fourth-order valence-electron chi connectivity index (χ4n) is 2.53. The SMILES string of the molecule is CC(=O)CC(=S)N1CC(C)N(C(=O)OC(C)(C)C)C(C)C1. The van der Waals surface area contributed by atoms with Crippen LogP contribution < -0.4 is 0 Å². The molecule has 1 saturated heterocycles. The number of rotatable bonds is 2. The highest BCUT2D eigenvalue weighted by atomic mass is 32.1. The van der Waals surface area contributed by atoms with Crippen LogP contribution in [0.5, 0.6) is 0 Å². The van der Waals surface area contributed by atoms with Gasteiger partial charge in [0.05, 0.1) is 23.5 Å². The standard InChI is InChI=1S/C15H26N2O3S/c1-10-8-16(13(21)7-12(3)18)9-11(2)17(10)14(19)20-15(4,5)6/h10-11H,7-9H2,1-6H3. The van der Waals surface area contributed by atoms with Crippen molar-refractivity contribution in [2.45, 2.75) is 65.6 Å². The number of thiocarbonyl (C=S) groups is 1. The predicted molar refractivity (Wildman–Crippen MR) is 86.5 cm³/mol. The Morgan fingerprint density at radius 1 is 1.19 bits per heavy atom. The zero-order valence-electron chi connectivity index (χ0n) is 13.8. The van der Waals surface area contributed by atoms with Crippen LogP contribution in [-0.2, 0) is 9.53 Å². The molecule has 0 aromatic heterocycles. The molecule has 2 atom stereocenters. The van der Waals surface area contributed by atoms with Crippen molar-refractivity contribution in [2.24, 2.45) is 0 Å². The van der Waals surface area contributed by atoms with E-state index in [0.717, 1.165) is 0 Å². The molecular weight excluding hydrogens is 288 g/mol. The summed E-state index contributed by atoms with van der Waals surface area (Å²) in [6.07, 6.45) is 0.000864. The molecule has 0 radical (unpaired) electrons. The minimum absolute atomic E-state index is 0.00601. The third-order valence-corrected chi connectivity index (χ3v) is 3.68. The van der Waals surface area contributed by atoms with E-state index in [9.17, 15) is 9.59 Å². The first-order chi connectivity index (χ1) is 9.51. The molecule has 1 amide bonds. The molecule has 2 unspecified atom stereocenters. The second kappa shape index (κ2) is 6.73. The number of amides is 1. The molecule has 0 aromatic carbocycles. The summed E-state index contributed by atoms with van der Waals surface area (Å²) in [5, 5.41) is 0. The van der Waals surface area contributed by atoms with E-state index in [-0.39, 0.29) is 24.0 Å². The molecule has 1 aliphatic heterocycles. The molecule has 1 rings (SSSR count). The van der Waals surface area contributed by atoms with Crippen LogP contribution in [0.2, 0.25) is 0 Å². The normalized spacial score (nSPS) is 23.0. The van der Waals surface area contributed by atoms with E-state index in [1.807, 2.05) is 39.5 Å². The average Bonchev–Trinajstić information content (AvgIpc) is 2.23. The van der Waals surface area contributed by atoms with Gasteiger partial charge < -0.3 is 9.64 Å². The highest BCUT2D eigenvalue weighted by Gasteiger charge is 2.36. The van der Waals surface area contributed by atoms with Gasteiger partial charge in [0.15, 0.2) is 0 Å². The first-order valence-corrected chi connectivity index (χ1v) is 7.70. The maximum Gasteiger partial charge on any atom is 0.410 e.